The van der Waals surface area contributed by atoms with Gasteiger partial charge in [-0.05, 0) is 52.0 Å². The summed E-state index contributed by atoms with van der Waals surface area (Å²) in [4.78, 5) is 22.6. The van der Waals surface area contributed by atoms with E-state index in [-0.39, 0.29) is 41.8 Å². The third-order valence-electron chi connectivity index (χ3n) is 8.75. The Kier molecular flexibility index (Phi) is 43.7. The molecule has 0 aromatic carbocycles. The molecule has 0 aromatic rings. The Bertz CT molecular complexity index is 624. The summed E-state index contributed by atoms with van der Waals surface area (Å²) in [5.74, 6) is -1.62. The molecule has 0 radical (unpaired) electrons. The summed E-state index contributed by atoms with van der Waals surface area (Å²) in [6, 6.07) is 0. The molecule has 0 saturated heterocycles. The van der Waals surface area contributed by atoms with Crippen LogP contribution in [0.5, 0.6) is 0 Å². The summed E-state index contributed by atoms with van der Waals surface area (Å²) in [5, 5.41) is 8.88. The van der Waals surface area contributed by atoms with Gasteiger partial charge < -0.3 is 16.6 Å². The van der Waals surface area contributed by atoms with E-state index in [4.69, 9.17) is 16.6 Å². The van der Waals surface area contributed by atoms with Gasteiger partial charge in [0, 0.05) is 6.42 Å². The normalized spacial score (nSPS) is 12.4. The first-order chi connectivity index (χ1) is 21.3. The van der Waals surface area contributed by atoms with Crippen LogP contribution < -0.4 is 11.5 Å². The quantitative estimate of drug-likeness (QED) is 0.0285. The predicted molar refractivity (Wildman–Crippen MR) is 200 cm³/mol. The van der Waals surface area contributed by atoms with E-state index in [1.807, 2.05) is 0 Å². The fraction of sp³-hybridized carbons (Fsp3) is 0.897. The molecule has 0 saturated carbocycles. The van der Waals surface area contributed by atoms with E-state index in [1.165, 1.54) is 161 Å². The van der Waals surface area contributed by atoms with Crippen molar-refractivity contribution in [3.8, 4) is 0 Å². The van der Waals surface area contributed by atoms with Gasteiger partial charge in [0.15, 0.2) is 11.3 Å². The minimum atomic E-state index is -1.74. The number of carbonyl (C=O) groups is 2. The molecule has 5 nitrogen and oxygen atoms in total. The fourth-order valence-electron chi connectivity index (χ4n) is 5.43. The third-order valence-corrected chi connectivity index (χ3v) is 8.75. The van der Waals surface area contributed by atoms with Crippen molar-refractivity contribution >= 4 is 41.3 Å². The Hall–Kier alpha value is -0.200. The van der Waals surface area contributed by atoms with Crippen LogP contribution >= 0.6 is 0 Å². The van der Waals surface area contributed by atoms with Gasteiger partial charge in [0.05, 0.1) is 0 Å². The van der Waals surface area contributed by atoms with Crippen LogP contribution in [-0.2, 0) is 9.59 Å². The second-order valence-corrected chi connectivity index (χ2v) is 13.4. The predicted octanol–water partition coefficient (Wildman–Crippen LogP) is 11.0. The van der Waals surface area contributed by atoms with Crippen molar-refractivity contribution in [1.29, 1.82) is 0 Å². The summed E-state index contributed by atoms with van der Waals surface area (Å²) in [5.41, 5.74) is 9.25. The zero-order chi connectivity index (χ0) is 33.0. The van der Waals surface area contributed by atoms with Crippen LogP contribution in [0.3, 0.4) is 0 Å². The molecule has 0 aliphatic heterocycles. The number of carbonyl (C=O) groups excluding carboxylic acids is 1. The van der Waals surface area contributed by atoms with Gasteiger partial charge >= 0.3 is 35.5 Å². The molecule has 0 fully saturated rings. The number of nitrogens with two attached hydrogens (primary N) is 2. The first-order valence-corrected chi connectivity index (χ1v) is 19.2. The van der Waals surface area contributed by atoms with Crippen LogP contribution in [0.2, 0.25) is 0 Å². The molecular weight excluding hydrogens is 567 g/mol. The maximum atomic E-state index is 11.7. The molecule has 0 amide bonds. The van der Waals surface area contributed by atoms with Crippen molar-refractivity contribution in [3.63, 3.8) is 0 Å². The molecule has 45 heavy (non-hydrogen) atoms. The van der Waals surface area contributed by atoms with E-state index in [9.17, 15) is 9.59 Å². The first kappa shape index (κ1) is 49.2. The van der Waals surface area contributed by atoms with Crippen molar-refractivity contribution in [2.75, 3.05) is 6.54 Å². The zero-order valence-electron chi connectivity index (χ0n) is 30.0. The number of unbranched alkanes of at least 4 members (excludes halogenated alkanes) is 26. The van der Waals surface area contributed by atoms with Gasteiger partial charge in [-0.3, -0.25) is 4.79 Å². The van der Waals surface area contributed by atoms with Gasteiger partial charge in [-0.2, -0.15) is 0 Å². The Morgan fingerprint density at radius 1 is 0.533 bits per heavy atom. The van der Waals surface area contributed by atoms with Crippen molar-refractivity contribution in [3.05, 3.63) is 12.2 Å². The Balaban J connectivity index is -0.000000795. The van der Waals surface area contributed by atoms with E-state index in [0.717, 1.165) is 38.6 Å². The fourth-order valence-corrected chi connectivity index (χ4v) is 5.43. The van der Waals surface area contributed by atoms with E-state index >= 15 is 0 Å². The number of rotatable bonds is 33. The van der Waals surface area contributed by atoms with E-state index < -0.39 is 11.5 Å². The standard InChI is InChI=1S/C21H39NO3.C18H39N.Na.H/c1-3-4-5-6-7-8-9-10-11-12-13-14-15-16-17-18-19(23)21(2,22)20(24)25;1-2-3-4-5-6-7-8-9-10-11-12-13-14-15-16-17-18-19;;/h10-11H,3-9,12-18,22H2,1-2H3,(H,24,25);2-19H2,1H3;;/b11-10-;;;. The molecule has 0 bridgehead atoms. The summed E-state index contributed by atoms with van der Waals surface area (Å²) in [6.45, 7) is 6.68. The van der Waals surface area contributed by atoms with Crippen LogP contribution in [0.1, 0.15) is 213 Å². The zero-order valence-corrected chi connectivity index (χ0v) is 30.0. The Morgan fingerprint density at radius 2 is 0.822 bits per heavy atom. The van der Waals surface area contributed by atoms with Crippen molar-refractivity contribution < 1.29 is 14.7 Å². The molecule has 6 heteroatoms. The molecule has 0 aliphatic carbocycles. The number of hydrogen-bond acceptors (Lipinski definition) is 4. The number of allylic oxidation sites excluding steroid dienone is 2. The van der Waals surface area contributed by atoms with E-state index in [0.29, 0.717) is 0 Å². The molecular formula is C39H79N2NaO3. The molecule has 0 aromatic heterocycles. The Labute approximate surface area is 303 Å². The van der Waals surface area contributed by atoms with Crippen LogP contribution in [0.4, 0.5) is 0 Å². The number of ketones is 1. The van der Waals surface area contributed by atoms with Crippen LogP contribution in [0.15, 0.2) is 12.2 Å². The van der Waals surface area contributed by atoms with Crippen LogP contribution in [0.25, 0.3) is 0 Å². The Morgan fingerprint density at radius 3 is 1.13 bits per heavy atom. The molecule has 5 N–H and O–H groups in total. The molecule has 1 atom stereocenters. The van der Waals surface area contributed by atoms with Gasteiger partial charge in [-0.1, -0.05) is 174 Å². The molecule has 0 spiro atoms. The van der Waals surface area contributed by atoms with Crippen molar-refractivity contribution in [2.24, 2.45) is 11.5 Å². The van der Waals surface area contributed by atoms with Crippen LogP contribution in [-0.4, -0.2) is 58.5 Å². The second-order valence-electron chi connectivity index (χ2n) is 13.4. The number of carboxylic acid groups (broad SMARTS) is 1. The van der Waals surface area contributed by atoms with Gasteiger partial charge in [-0.25, -0.2) is 4.79 Å². The SMILES string of the molecule is CCCCCCCC/C=C\CCCCCCCC(=O)C(C)(N)C(=O)O.CCCCCCCCCCCCCCCCCCN.[NaH]. The average Bonchev–Trinajstić information content (AvgIpc) is 3.01. The minimum absolute atomic E-state index is 0. The summed E-state index contributed by atoms with van der Waals surface area (Å²) in [7, 11) is 0. The van der Waals surface area contributed by atoms with Gasteiger partial charge in [-0.15, -0.1) is 0 Å². The summed E-state index contributed by atoms with van der Waals surface area (Å²) >= 11 is 0. The van der Waals surface area contributed by atoms with Crippen molar-refractivity contribution in [2.45, 2.75) is 219 Å². The van der Waals surface area contributed by atoms with E-state index in [2.05, 4.69) is 26.0 Å². The summed E-state index contributed by atoms with van der Waals surface area (Å²) < 4.78 is 0. The van der Waals surface area contributed by atoms with Crippen molar-refractivity contribution in [1.82, 2.24) is 0 Å². The molecule has 0 aliphatic rings. The van der Waals surface area contributed by atoms with Gasteiger partial charge in [0.2, 0.25) is 0 Å². The molecule has 264 valence electrons. The summed E-state index contributed by atoms with van der Waals surface area (Å²) in [6.07, 6.45) is 43.3. The van der Waals surface area contributed by atoms with Crippen LogP contribution in [0, 0.1) is 0 Å². The number of hydrogen-bond donors (Lipinski definition) is 3. The van der Waals surface area contributed by atoms with Gasteiger partial charge in [0.25, 0.3) is 0 Å². The number of aliphatic carboxylic acids is 1. The average molecular weight is 647 g/mol. The second kappa shape index (κ2) is 40.0. The number of Topliss-reactive ketones (excluding diaryl/α,β-unsaturated/α-hetero) is 1. The number of carboxylic acids is 1. The molecule has 0 heterocycles. The van der Waals surface area contributed by atoms with Gasteiger partial charge in [0.1, 0.15) is 0 Å². The topological polar surface area (TPSA) is 106 Å². The third kappa shape index (κ3) is 38.1. The monoisotopic (exact) mass is 647 g/mol. The molecule has 1 unspecified atom stereocenters. The first-order valence-electron chi connectivity index (χ1n) is 19.2. The molecule has 0 rings (SSSR count). The van der Waals surface area contributed by atoms with E-state index in [1.54, 1.807) is 0 Å². The maximum absolute atomic E-state index is 11.7.